The Bertz CT molecular complexity index is 721. The van der Waals surface area contributed by atoms with Gasteiger partial charge in [-0.15, -0.1) is 0 Å². The molecule has 0 aliphatic carbocycles. The van der Waals surface area contributed by atoms with Gasteiger partial charge in [0.05, 0.1) is 5.56 Å². The van der Waals surface area contributed by atoms with Crippen LogP contribution in [0.25, 0.3) is 0 Å². The summed E-state index contributed by atoms with van der Waals surface area (Å²) in [6.07, 6.45) is 0. The molecule has 2 aromatic rings. The van der Waals surface area contributed by atoms with Crippen LogP contribution >= 0.6 is 0 Å². The maximum absolute atomic E-state index is 13.6. The minimum atomic E-state index is -0.791. The molecule has 0 aliphatic heterocycles. The van der Waals surface area contributed by atoms with E-state index in [4.69, 9.17) is 10.6 Å². The molecule has 0 unspecified atom stereocenters. The highest BCUT2D eigenvalue weighted by Crippen LogP contribution is 2.26. The Morgan fingerprint density at radius 3 is 2.27 bits per heavy atom. The summed E-state index contributed by atoms with van der Waals surface area (Å²) in [6.45, 7) is 3.37. The summed E-state index contributed by atoms with van der Waals surface area (Å²) in [6, 6.07) is 8.65. The molecule has 0 saturated carbocycles. The highest BCUT2D eigenvalue weighted by atomic mass is 19.1. The number of carbonyl (C=O) groups is 2. The number of carbonyl (C=O) groups excluding carboxylic acids is 2. The molecule has 5 nitrogen and oxygen atoms in total. The number of esters is 1. The van der Waals surface area contributed by atoms with E-state index in [-0.39, 0.29) is 5.56 Å². The van der Waals surface area contributed by atoms with Crippen LogP contribution in [0.1, 0.15) is 31.8 Å². The second kappa shape index (κ2) is 6.36. The van der Waals surface area contributed by atoms with Crippen LogP contribution in [0.3, 0.4) is 0 Å². The van der Waals surface area contributed by atoms with Crippen molar-refractivity contribution in [2.75, 3.05) is 0 Å². The Morgan fingerprint density at radius 2 is 1.73 bits per heavy atom. The largest absolute Gasteiger partial charge is 0.422 e. The molecule has 0 heterocycles. The van der Waals surface area contributed by atoms with Crippen molar-refractivity contribution >= 4 is 11.9 Å². The number of nitrogens with two attached hydrogens (primary N) is 1. The molecule has 0 saturated heterocycles. The van der Waals surface area contributed by atoms with Crippen LogP contribution < -0.4 is 16.0 Å². The fourth-order valence-electron chi connectivity index (χ4n) is 2.10. The number of benzene rings is 2. The first-order chi connectivity index (χ1) is 10.4. The van der Waals surface area contributed by atoms with E-state index in [2.05, 4.69) is 0 Å². The number of halogens is 1. The predicted molar refractivity (Wildman–Crippen MR) is 78.9 cm³/mol. The van der Waals surface area contributed by atoms with Gasteiger partial charge < -0.3 is 4.74 Å². The van der Waals surface area contributed by atoms with Gasteiger partial charge in [0.15, 0.2) is 0 Å². The Hall–Kier alpha value is -2.73. The van der Waals surface area contributed by atoms with Crippen LogP contribution in [0.2, 0.25) is 0 Å². The first-order valence-corrected chi connectivity index (χ1v) is 6.53. The topological polar surface area (TPSA) is 81.4 Å². The number of nitrogen functional groups attached to an aromatic ring is 1. The lowest BCUT2D eigenvalue weighted by atomic mass is 10.1. The molecule has 0 fully saturated rings. The molecule has 22 heavy (non-hydrogen) atoms. The van der Waals surface area contributed by atoms with Gasteiger partial charge in [-0.25, -0.2) is 15.0 Å². The van der Waals surface area contributed by atoms with E-state index in [1.807, 2.05) is 5.43 Å². The number of aryl methyl sites for hydroxylation is 2. The zero-order chi connectivity index (χ0) is 16.3. The van der Waals surface area contributed by atoms with Crippen molar-refractivity contribution in [2.24, 2.45) is 5.84 Å². The Balaban J connectivity index is 2.33. The zero-order valence-corrected chi connectivity index (χ0v) is 12.1. The Morgan fingerprint density at radius 1 is 1.14 bits per heavy atom. The summed E-state index contributed by atoms with van der Waals surface area (Å²) < 4.78 is 18.9. The first-order valence-electron chi connectivity index (χ1n) is 6.53. The van der Waals surface area contributed by atoms with Crippen LogP contribution in [-0.2, 0) is 0 Å². The van der Waals surface area contributed by atoms with Crippen LogP contribution in [-0.4, -0.2) is 11.9 Å². The van der Waals surface area contributed by atoms with Crippen LogP contribution in [0.4, 0.5) is 4.39 Å². The highest BCUT2D eigenvalue weighted by molar-refractivity contribution is 5.95. The minimum Gasteiger partial charge on any atom is -0.422 e. The van der Waals surface area contributed by atoms with Crippen molar-refractivity contribution in [1.29, 1.82) is 0 Å². The number of amides is 1. The summed E-state index contributed by atoms with van der Waals surface area (Å²) in [4.78, 5) is 23.6. The third-order valence-electron chi connectivity index (χ3n) is 3.14. The van der Waals surface area contributed by atoms with Gasteiger partial charge in [0, 0.05) is 5.56 Å². The predicted octanol–water partition coefficient (Wildman–Crippen LogP) is 2.27. The van der Waals surface area contributed by atoms with Crippen LogP contribution in [0.5, 0.6) is 5.75 Å². The third-order valence-corrected chi connectivity index (χ3v) is 3.14. The molecule has 2 rings (SSSR count). The maximum Gasteiger partial charge on any atom is 0.346 e. The number of ether oxygens (including phenoxy) is 1. The van der Waals surface area contributed by atoms with E-state index < -0.39 is 17.7 Å². The number of hydrogen-bond acceptors (Lipinski definition) is 4. The summed E-state index contributed by atoms with van der Waals surface area (Å²) in [5.74, 6) is 3.49. The Kier molecular flexibility index (Phi) is 4.53. The number of hydrazine groups is 1. The normalized spacial score (nSPS) is 10.2. The first kappa shape index (κ1) is 15.7. The highest BCUT2D eigenvalue weighted by Gasteiger charge is 2.17. The molecule has 0 radical (unpaired) electrons. The van der Waals surface area contributed by atoms with Gasteiger partial charge in [0.25, 0.3) is 5.91 Å². The molecule has 114 valence electrons. The smallest absolute Gasteiger partial charge is 0.346 e. The lowest BCUT2D eigenvalue weighted by molar-refractivity contribution is 0.0727. The van der Waals surface area contributed by atoms with Gasteiger partial charge in [-0.1, -0.05) is 12.1 Å². The van der Waals surface area contributed by atoms with Crippen molar-refractivity contribution in [1.82, 2.24) is 5.43 Å². The van der Waals surface area contributed by atoms with E-state index in [0.29, 0.717) is 22.4 Å². The van der Waals surface area contributed by atoms with E-state index in [1.54, 1.807) is 32.0 Å². The Labute approximate surface area is 126 Å². The molecule has 0 aromatic heterocycles. The van der Waals surface area contributed by atoms with Crippen LogP contribution in [0, 0.1) is 19.7 Å². The fourth-order valence-corrected chi connectivity index (χ4v) is 2.10. The minimum absolute atomic E-state index is 0.148. The zero-order valence-electron chi connectivity index (χ0n) is 12.1. The van der Waals surface area contributed by atoms with Crippen molar-refractivity contribution in [3.8, 4) is 5.75 Å². The molecule has 0 spiro atoms. The van der Waals surface area contributed by atoms with Crippen molar-refractivity contribution in [3.05, 3.63) is 64.5 Å². The molecular formula is C16H15FN2O3. The van der Waals surface area contributed by atoms with Gasteiger partial charge >= 0.3 is 5.97 Å². The van der Waals surface area contributed by atoms with Gasteiger partial charge in [0.2, 0.25) is 0 Å². The summed E-state index contributed by atoms with van der Waals surface area (Å²) in [5, 5.41) is 0. The van der Waals surface area contributed by atoms with Gasteiger partial charge in [0.1, 0.15) is 11.6 Å². The molecule has 6 heteroatoms. The van der Waals surface area contributed by atoms with Crippen molar-refractivity contribution in [3.63, 3.8) is 0 Å². The average Bonchev–Trinajstić information content (AvgIpc) is 2.50. The summed E-state index contributed by atoms with van der Waals surface area (Å²) in [7, 11) is 0. The van der Waals surface area contributed by atoms with Crippen LogP contribution in [0.15, 0.2) is 36.4 Å². The molecule has 1 amide bonds. The maximum atomic E-state index is 13.6. The van der Waals surface area contributed by atoms with E-state index in [9.17, 15) is 14.0 Å². The van der Waals surface area contributed by atoms with Gasteiger partial charge in [-0.05, 0) is 49.2 Å². The molecule has 3 N–H and O–H groups in total. The molecule has 2 aromatic carbocycles. The second-order valence-corrected chi connectivity index (χ2v) is 4.78. The summed E-state index contributed by atoms with van der Waals surface area (Å²) >= 11 is 0. The molecular weight excluding hydrogens is 287 g/mol. The van der Waals surface area contributed by atoms with Gasteiger partial charge in [-0.2, -0.15) is 0 Å². The van der Waals surface area contributed by atoms with E-state index in [1.165, 1.54) is 18.2 Å². The standard InChI is InChI=1S/C16H15FN2O3/c1-9-7-11(15(20)19-18)8-10(2)14(9)22-16(21)12-5-3-4-6-13(12)17/h3-8H,18H2,1-2H3,(H,19,20). The molecule has 0 atom stereocenters. The third kappa shape index (κ3) is 3.12. The lowest BCUT2D eigenvalue weighted by Gasteiger charge is -2.12. The van der Waals surface area contributed by atoms with E-state index in [0.717, 1.165) is 0 Å². The van der Waals surface area contributed by atoms with E-state index >= 15 is 0 Å². The number of hydrogen-bond donors (Lipinski definition) is 2. The summed E-state index contributed by atoms with van der Waals surface area (Å²) in [5.41, 5.74) is 3.38. The molecule has 0 bridgehead atoms. The lowest BCUT2D eigenvalue weighted by Crippen LogP contribution is -2.30. The molecule has 0 aliphatic rings. The second-order valence-electron chi connectivity index (χ2n) is 4.78. The van der Waals surface area contributed by atoms with Gasteiger partial charge in [-0.3, -0.25) is 10.2 Å². The number of nitrogens with one attached hydrogen (secondary N) is 1. The number of rotatable bonds is 3. The SMILES string of the molecule is Cc1cc(C(=O)NN)cc(C)c1OC(=O)c1ccccc1F. The average molecular weight is 302 g/mol. The monoisotopic (exact) mass is 302 g/mol. The fraction of sp³-hybridized carbons (Fsp3) is 0.125. The quantitative estimate of drug-likeness (QED) is 0.299. The van der Waals surface area contributed by atoms with Crippen molar-refractivity contribution < 1.29 is 18.7 Å². The van der Waals surface area contributed by atoms with Crippen molar-refractivity contribution in [2.45, 2.75) is 13.8 Å².